The first-order chi connectivity index (χ1) is 10.5. The van der Waals surface area contributed by atoms with Crippen molar-refractivity contribution in [2.24, 2.45) is 0 Å². The number of carbonyl (C=O) groups excluding carboxylic acids is 1. The molecule has 22 heavy (non-hydrogen) atoms. The van der Waals surface area contributed by atoms with E-state index in [-0.39, 0.29) is 6.54 Å². The molecule has 0 spiro atoms. The van der Waals surface area contributed by atoms with Crippen LogP contribution in [0.5, 0.6) is 0 Å². The molecular formula is C16H17F2N3O. The third-order valence-corrected chi connectivity index (χ3v) is 3.06. The van der Waals surface area contributed by atoms with Gasteiger partial charge in [-0.25, -0.2) is 8.78 Å². The van der Waals surface area contributed by atoms with Crippen LogP contribution in [0, 0.1) is 11.6 Å². The molecule has 2 aromatic carbocycles. The minimum Gasteiger partial charge on any atom is -0.378 e. The van der Waals surface area contributed by atoms with E-state index in [1.807, 2.05) is 43.3 Å². The molecule has 0 atom stereocenters. The van der Waals surface area contributed by atoms with E-state index >= 15 is 0 Å². The molecule has 0 aromatic heterocycles. The van der Waals surface area contributed by atoms with Crippen molar-refractivity contribution in [2.75, 3.05) is 36.2 Å². The predicted octanol–water partition coefficient (Wildman–Crippen LogP) is 3.08. The highest BCUT2D eigenvalue weighted by Crippen LogP contribution is 2.18. The average Bonchev–Trinajstić information content (AvgIpc) is 2.49. The van der Waals surface area contributed by atoms with E-state index < -0.39 is 23.2 Å². The summed E-state index contributed by atoms with van der Waals surface area (Å²) in [6.07, 6.45) is 0. The highest BCUT2D eigenvalue weighted by atomic mass is 19.1. The zero-order chi connectivity index (χ0) is 16.1. The molecule has 0 bridgehead atoms. The van der Waals surface area contributed by atoms with E-state index in [2.05, 4.69) is 10.6 Å². The van der Waals surface area contributed by atoms with Gasteiger partial charge in [-0.3, -0.25) is 4.79 Å². The van der Waals surface area contributed by atoms with Crippen LogP contribution in [0.15, 0.2) is 42.5 Å². The molecule has 2 rings (SSSR count). The number of hydrogen-bond donors (Lipinski definition) is 2. The lowest BCUT2D eigenvalue weighted by Crippen LogP contribution is -2.23. The summed E-state index contributed by atoms with van der Waals surface area (Å²) in [5.74, 6) is -2.13. The number of hydrogen-bond acceptors (Lipinski definition) is 3. The van der Waals surface area contributed by atoms with Gasteiger partial charge in [0.15, 0.2) is 0 Å². The fourth-order valence-electron chi connectivity index (χ4n) is 1.86. The molecule has 0 saturated carbocycles. The van der Waals surface area contributed by atoms with Crippen molar-refractivity contribution in [3.8, 4) is 0 Å². The van der Waals surface area contributed by atoms with Crippen molar-refractivity contribution >= 4 is 23.0 Å². The van der Waals surface area contributed by atoms with Gasteiger partial charge in [-0.05, 0) is 36.4 Å². The average molecular weight is 305 g/mol. The van der Waals surface area contributed by atoms with Crippen LogP contribution in [0.2, 0.25) is 0 Å². The maximum absolute atomic E-state index is 13.4. The van der Waals surface area contributed by atoms with E-state index in [1.165, 1.54) is 6.07 Å². The first-order valence-corrected chi connectivity index (χ1v) is 6.72. The summed E-state index contributed by atoms with van der Waals surface area (Å²) in [5, 5.41) is 5.11. The number of para-hydroxylation sites is 1. The van der Waals surface area contributed by atoms with Crippen molar-refractivity contribution in [2.45, 2.75) is 0 Å². The Hall–Kier alpha value is -2.63. The molecule has 6 heteroatoms. The number of amides is 1. The number of nitrogens with one attached hydrogen (secondary N) is 2. The normalized spacial score (nSPS) is 10.2. The molecule has 2 N–H and O–H groups in total. The number of carbonyl (C=O) groups is 1. The Labute approximate surface area is 127 Å². The summed E-state index contributed by atoms with van der Waals surface area (Å²) >= 11 is 0. The van der Waals surface area contributed by atoms with Crippen LogP contribution in [0.3, 0.4) is 0 Å². The second-order valence-electron chi connectivity index (χ2n) is 4.94. The number of benzene rings is 2. The highest BCUT2D eigenvalue weighted by molar-refractivity contribution is 5.94. The molecule has 1 amide bonds. The molecule has 4 nitrogen and oxygen atoms in total. The zero-order valence-corrected chi connectivity index (χ0v) is 12.4. The molecule has 116 valence electrons. The summed E-state index contributed by atoms with van der Waals surface area (Å²) in [5.41, 5.74) is 1.34. The van der Waals surface area contributed by atoms with E-state index in [4.69, 9.17) is 0 Å². The van der Waals surface area contributed by atoms with E-state index in [0.717, 1.165) is 23.5 Å². The molecule has 0 heterocycles. The van der Waals surface area contributed by atoms with E-state index in [0.29, 0.717) is 0 Å². The van der Waals surface area contributed by atoms with Gasteiger partial charge in [0, 0.05) is 25.5 Å². The van der Waals surface area contributed by atoms with Crippen molar-refractivity contribution in [1.29, 1.82) is 0 Å². The van der Waals surface area contributed by atoms with Gasteiger partial charge in [0.2, 0.25) is 5.91 Å². The highest BCUT2D eigenvalue weighted by Gasteiger charge is 2.11. The van der Waals surface area contributed by atoms with Crippen molar-refractivity contribution in [3.63, 3.8) is 0 Å². The first kappa shape index (κ1) is 15.8. The minimum atomic E-state index is -0.802. The molecule has 2 aromatic rings. The first-order valence-electron chi connectivity index (χ1n) is 6.72. The smallest absolute Gasteiger partial charge is 0.243 e. The predicted molar refractivity (Wildman–Crippen MR) is 84.2 cm³/mol. The van der Waals surface area contributed by atoms with Crippen LogP contribution >= 0.6 is 0 Å². The molecule has 0 radical (unpaired) electrons. The Morgan fingerprint density at radius 2 is 1.64 bits per heavy atom. The zero-order valence-electron chi connectivity index (χ0n) is 12.4. The topological polar surface area (TPSA) is 44.4 Å². The van der Waals surface area contributed by atoms with E-state index in [1.54, 1.807) is 0 Å². The van der Waals surface area contributed by atoms with Gasteiger partial charge in [-0.1, -0.05) is 6.07 Å². The Morgan fingerprint density at radius 1 is 1.05 bits per heavy atom. The summed E-state index contributed by atoms with van der Waals surface area (Å²) in [6.45, 7) is -0.0882. The Kier molecular flexibility index (Phi) is 4.93. The lowest BCUT2D eigenvalue weighted by molar-refractivity contribution is -0.114. The Balaban J connectivity index is 1.93. The number of rotatable bonds is 5. The lowest BCUT2D eigenvalue weighted by atomic mass is 10.2. The number of halogens is 2. The molecule has 0 unspecified atom stereocenters. The molecule has 0 aliphatic rings. The fourth-order valence-corrected chi connectivity index (χ4v) is 1.86. The van der Waals surface area contributed by atoms with E-state index in [9.17, 15) is 13.6 Å². The van der Waals surface area contributed by atoms with Crippen LogP contribution in [0.1, 0.15) is 0 Å². The van der Waals surface area contributed by atoms with Crippen molar-refractivity contribution in [3.05, 3.63) is 54.1 Å². The molecule has 0 aliphatic heterocycles. The summed E-state index contributed by atoms with van der Waals surface area (Å²) < 4.78 is 26.8. The largest absolute Gasteiger partial charge is 0.378 e. The maximum Gasteiger partial charge on any atom is 0.243 e. The molecule has 0 fully saturated rings. The van der Waals surface area contributed by atoms with Gasteiger partial charge in [0.05, 0.1) is 6.54 Å². The van der Waals surface area contributed by atoms with Crippen LogP contribution in [0.25, 0.3) is 0 Å². The van der Waals surface area contributed by atoms with Gasteiger partial charge in [0.25, 0.3) is 0 Å². The second kappa shape index (κ2) is 6.89. The molecule has 0 saturated heterocycles. The third-order valence-electron chi connectivity index (χ3n) is 3.06. The van der Waals surface area contributed by atoms with Gasteiger partial charge < -0.3 is 15.5 Å². The SMILES string of the molecule is CN(C)c1ccc(NCC(=O)Nc2c(F)cccc2F)cc1. The van der Waals surface area contributed by atoms with Crippen LogP contribution in [-0.4, -0.2) is 26.5 Å². The van der Waals surface area contributed by atoms with Gasteiger partial charge in [-0.15, -0.1) is 0 Å². The fraction of sp³-hybridized carbons (Fsp3) is 0.188. The quantitative estimate of drug-likeness (QED) is 0.892. The van der Waals surface area contributed by atoms with Crippen LogP contribution in [0.4, 0.5) is 25.8 Å². The third kappa shape index (κ3) is 3.94. The molecular weight excluding hydrogens is 288 g/mol. The van der Waals surface area contributed by atoms with Crippen molar-refractivity contribution in [1.82, 2.24) is 0 Å². The van der Waals surface area contributed by atoms with Crippen LogP contribution in [-0.2, 0) is 4.79 Å². The summed E-state index contributed by atoms with van der Waals surface area (Å²) in [6, 6.07) is 10.9. The number of nitrogens with zero attached hydrogens (tertiary/aromatic N) is 1. The monoisotopic (exact) mass is 305 g/mol. The van der Waals surface area contributed by atoms with Crippen LogP contribution < -0.4 is 15.5 Å². The maximum atomic E-state index is 13.4. The van der Waals surface area contributed by atoms with Crippen molar-refractivity contribution < 1.29 is 13.6 Å². The Bertz CT molecular complexity index is 637. The lowest BCUT2D eigenvalue weighted by Gasteiger charge is -2.13. The van der Waals surface area contributed by atoms with Gasteiger partial charge in [0.1, 0.15) is 17.3 Å². The standard InChI is InChI=1S/C16H17F2N3O/c1-21(2)12-8-6-11(7-9-12)19-10-15(22)20-16-13(17)4-3-5-14(16)18/h3-9,19H,10H2,1-2H3,(H,20,22). The molecule has 0 aliphatic carbocycles. The summed E-state index contributed by atoms with van der Waals surface area (Å²) in [7, 11) is 3.86. The number of anilines is 3. The summed E-state index contributed by atoms with van der Waals surface area (Å²) in [4.78, 5) is 13.7. The minimum absolute atomic E-state index is 0.0882. The van der Waals surface area contributed by atoms with Gasteiger partial charge in [-0.2, -0.15) is 0 Å². The van der Waals surface area contributed by atoms with Gasteiger partial charge >= 0.3 is 0 Å². The second-order valence-corrected chi connectivity index (χ2v) is 4.94. The Morgan fingerprint density at radius 3 is 2.18 bits per heavy atom.